The maximum atomic E-state index is 12.0. The van der Waals surface area contributed by atoms with Crippen LogP contribution in [-0.2, 0) is 11.2 Å². The van der Waals surface area contributed by atoms with Gasteiger partial charge < -0.3 is 15.2 Å². The molecule has 1 aromatic carbocycles. The highest BCUT2D eigenvalue weighted by atomic mass is 16.5. The number of rotatable bonds is 2. The molecular formula is C14H17NO3. The second-order valence-corrected chi connectivity index (χ2v) is 5.15. The Morgan fingerprint density at radius 2 is 2.11 bits per heavy atom. The molecule has 1 heterocycles. The van der Waals surface area contributed by atoms with Crippen molar-refractivity contribution < 1.29 is 14.6 Å². The third-order valence-corrected chi connectivity index (χ3v) is 3.71. The number of aliphatic hydroxyl groups excluding tert-OH is 1. The van der Waals surface area contributed by atoms with Crippen LogP contribution in [0.5, 0.6) is 5.75 Å². The molecule has 1 aromatic rings. The molecule has 0 bridgehead atoms. The fourth-order valence-electron chi connectivity index (χ4n) is 2.52. The molecule has 0 aromatic heterocycles. The summed E-state index contributed by atoms with van der Waals surface area (Å²) in [6.07, 6.45) is 1.85. The van der Waals surface area contributed by atoms with E-state index >= 15 is 0 Å². The smallest absolute Gasteiger partial charge is 0.227 e. The molecule has 2 N–H and O–H groups in total. The van der Waals surface area contributed by atoms with Gasteiger partial charge in [0.2, 0.25) is 5.91 Å². The quantitative estimate of drug-likeness (QED) is 0.815. The second kappa shape index (κ2) is 4.61. The molecular weight excluding hydrogens is 230 g/mol. The van der Waals surface area contributed by atoms with E-state index < -0.39 is 0 Å². The van der Waals surface area contributed by atoms with E-state index in [0.717, 1.165) is 17.7 Å². The van der Waals surface area contributed by atoms with Crippen molar-refractivity contribution in [1.29, 1.82) is 0 Å². The molecule has 1 atom stereocenters. The summed E-state index contributed by atoms with van der Waals surface area (Å²) >= 11 is 0. The van der Waals surface area contributed by atoms with E-state index in [0.29, 0.717) is 19.4 Å². The maximum Gasteiger partial charge on any atom is 0.227 e. The van der Waals surface area contributed by atoms with Gasteiger partial charge in [0.15, 0.2) is 0 Å². The number of nitrogens with one attached hydrogen (secondary N) is 1. The van der Waals surface area contributed by atoms with Gasteiger partial charge in [0.25, 0.3) is 0 Å². The van der Waals surface area contributed by atoms with Gasteiger partial charge in [-0.3, -0.25) is 4.79 Å². The first-order valence-corrected chi connectivity index (χ1v) is 6.41. The third kappa shape index (κ3) is 2.20. The van der Waals surface area contributed by atoms with Gasteiger partial charge in [-0.2, -0.15) is 0 Å². The lowest BCUT2D eigenvalue weighted by Crippen LogP contribution is -2.50. The van der Waals surface area contributed by atoms with E-state index in [4.69, 9.17) is 4.74 Å². The summed E-state index contributed by atoms with van der Waals surface area (Å²) in [5.74, 6) is 0.819. The molecule has 1 saturated carbocycles. The highest BCUT2D eigenvalue weighted by molar-refractivity contribution is 5.80. The van der Waals surface area contributed by atoms with E-state index in [9.17, 15) is 9.90 Å². The predicted molar refractivity (Wildman–Crippen MR) is 66.3 cm³/mol. The summed E-state index contributed by atoms with van der Waals surface area (Å²) in [6.45, 7) is 0.443. The number of aliphatic hydroxyl groups is 1. The number of hydrogen-bond acceptors (Lipinski definition) is 3. The monoisotopic (exact) mass is 247 g/mol. The maximum absolute atomic E-state index is 12.0. The first kappa shape index (κ1) is 11.5. The highest BCUT2D eigenvalue weighted by Gasteiger charge is 2.32. The molecule has 1 unspecified atom stereocenters. The normalized spacial score (nSPS) is 29.7. The molecule has 1 aliphatic heterocycles. The lowest BCUT2D eigenvalue weighted by molar-refractivity contribution is -0.128. The Bertz CT molecular complexity index is 454. The predicted octanol–water partition coefficient (Wildman–Crippen LogP) is 0.877. The number of fused-ring (bicyclic) bond motifs is 1. The van der Waals surface area contributed by atoms with Crippen molar-refractivity contribution in [3.8, 4) is 5.75 Å². The molecule has 0 saturated heterocycles. The zero-order valence-corrected chi connectivity index (χ0v) is 10.1. The molecule has 0 radical (unpaired) electrons. The first-order valence-electron chi connectivity index (χ1n) is 6.41. The minimum atomic E-state index is -0.237. The second-order valence-electron chi connectivity index (χ2n) is 5.15. The molecule has 2 aliphatic rings. The van der Waals surface area contributed by atoms with Gasteiger partial charge in [-0.25, -0.2) is 0 Å². The topological polar surface area (TPSA) is 58.6 Å². The summed E-state index contributed by atoms with van der Waals surface area (Å²) in [5.41, 5.74) is 1.09. The van der Waals surface area contributed by atoms with Crippen molar-refractivity contribution in [3.63, 3.8) is 0 Å². The van der Waals surface area contributed by atoms with Crippen LogP contribution >= 0.6 is 0 Å². The number of hydrogen-bond donors (Lipinski definition) is 2. The summed E-state index contributed by atoms with van der Waals surface area (Å²) in [7, 11) is 0. The van der Waals surface area contributed by atoms with Gasteiger partial charge in [-0.05, 0) is 30.9 Å². The molecule has 0 spiro atoms. The van der Waals surface area contributed by atoms with Crippen molar-refractivity contribution in [2.24, 2.45) is 5.92 Å². The number of amides is 1. The van der Waals surface area contributed by atoms with Gasteiger partial charge in [-0.15, -0.1) is 0 Å². The van der Waals surface area contributed by atoms with E-state index in [1.54, 1.807) is 0 Å². The van der Waals surface area contributed by atoms with Gasteiger partial charge in [0.05, 0.1) is 12.0 Å². The molecule has 18 heavy (non-hydrogen) atoms. The van der Waals surface area contributed by atoms with Crippen LogP contribution in [0.1, 0.15) is 18.4 Å². The van der Waals surface area contributed by atoms with E-state index in [-0.39, 0.29) is 24.0 Å². The Balaban J connectivity index is 1.60. The largest absolute Gasteiger partial charge is 0.492 e. The van der Waals surface area contributed by atoms with Crippen molar-refractivity contribution in [2.75, 3.05) is 6.61 Å². The van der Waals surface area contributed by atoms with Gasteiger partial charge >= 0.3 is 0 Å². The van der Waals surface area contributed by atoms with Crippen molar-refractivity contribution in [2.45, 2.75) is 31.4 Å². The summed E-state index contributed by atoms with van der Waals surface area (Å²) in [6, 6.07) is 7.98. The molecule has 1 amide bonds. The van der Waals surface area contributed by atoms with Crippen LogP contribution in [0.2, 0.25) is 0 Å². The van der Waals surface area contributed by atoms with Crippen LogP contribution in [0.3, 0.4) is 0 Å². The molecule has 4 heteroatoms. The van der Waals surface area contributed by atoms with Crippen LogP contribution in [0.25, 0.3) is 0 Å². The zero-order valence-electron chi connectivity index (χ0n) is 10.1. The first-order chi connectivity index (χ1) is 8.72. The average molecular weight is 247 g/mol. The fourth-order valence-corrected chi connectivity index (χ4v) is 2.52. The minimum Gasteiger partial charge on any atom is -0.492 e. The van der Waals surface area contributed by atoms with Crippen LogP contribution in [0.15, 0.2) is 24.3 Å². The molecule has 3 rings (SSSR count). The summed E-state index contributed by atoms with van der Waals surface area (Å²) < 4.78 is 5.60. The lowest BCUT2D eigenvalue weighted by atomic mass is 9.88. The SMILES string of the molecule is O=C(NC1CC(O)C1)C1COc2ccccc2C1. The summed E-state index contributed by atoms with van der Waals surface area (Å²) in [4.78, 5) is 12.0. The Morgan fingerprint density at radius 3 is 2.89 bits per heavy atom. The molecule has 1 fully saturated rings. The van der Waals surface area contributed by atoms with Crippen LogP contribution in [0, 0.1) is 5.92 Å². The fraction of sp³-hybridized carbons (Fsp3) is 0.500. The lowest BCUT2D eigenvalue weighted by Gasteiger charge is -2.34. The Hall–Kier alpha value is -1.55. The highest BCUT2D eigenvalue weighted by Crippen LogP contribution is 2.27. The van der Waals surface area contributed by atoms with Crippen molar-refractivity contribution in [1.82, 2.24) is 5.32 Å². The van der Waals surface area contributed by atoms with Gasteiger partial charge in [0.1, 0.15) is 12.4 Å². The minimum absolute atomic E-state index is 0.0430. The number of para-hydroxylation sites is 1. The summed E-state index contributed by atoms with van der Waals surface area (Å²) in [5, 5.41) is 12.2. The third-order valence-electron chi connectivity index (χ3n) is 3.71. The molecule has 96 valence electrons. The Morgan fingerprint density at radius 1 is 1.33 bits per heavy atom. The van der Waals surface area contributed by atoms with Crippen LogP contribution in [0.4, 0.5) is 0 Å². The zero-order chi connectivity index (χ0) is 12.5. The number of ether oxygens (including phenoxy) is 1. The van der Waals surface area contributed by atoms with Crippen LogP contribution in [-0.4, -0.2) is 29.8 Å². The van der Waals surface area contributed by atoms with Crippen molar-refractivity contribution in [3.05, 3.63) is 29.8 Å². The Kier molecular flexibility index (Phi) is 2.96. The molecule has 1 aliphatic carbocycles. The molecule has 4 nitrogen and oxygen atoms in total. The van der Waals surface area contributed by atoms with E-state index in [1.165, 1.54) is 0 Å². The van der Waals surface area contributed by atoms with Crippen molar-refractivity contribution >= 4 is 5.91 Å². The van der Waals surface area contributed by atoms with Crippen LogP contribution < -0.4 is 10.1 Å². The van der Waals surface area contributed by atoms with Gasteiger partial charge in [-0.1, -0.05) is 18.2 Å². The van der Waals surface area contributed by atoms with E-state index in [1.807, 2.05) is 24.3 Å². The number of carbonyl (C=O) groups is 1. The van der Waals surface area contributed by atoms with Gasteiger partial charge in [0, 0.05) is 6.04 Å². The average Bonchev–Trinajstić information content (AvgIpc) is 2.36. The Labute approximate surface area is 106 Å². The number of carbonyl (C=O) groups excluding carboxylic acids is 1. The standard InChI is InChI=1S/C14H17NO3/c16-12-6-11(7-12)15-14(17)10-5-9-3-1-2-4-13(9)18-8-10/h1-4,10-12,16H,5-8H2,(H,15,17). The number of benzene rings is 1. The van der Waals surface area contributed by atoms with E-state index in [2.05, 4.69) is 5.32 Å².